The van der Waals surface area contributed by atoms with Crippen LogP contribution in [0.5, 0.6) is 5.75 Å². The highest BCUT2D eigenvalue weighted by atomic mass is 16.5. The second-order valence-corrected chi connectivity index (χ2v) is 8.57. The average Bonchev–Trinajstić information content (AvgIpc) is 3.14. The zero-order chi connectivity index (χ0) is 25.2. The molecular formula is C29H36N2O4. The van der Waals surface area contributed by atoms with Gasteiger partial charge in [-0.25, -0.2) is 0 Å². The van der Waals surface area contributed by atoms with Crippen LogP contribution in [0.15, 0.2) is 72.0 Å². The maximum atomic E-state index is 13.3. The number of benzene rings is 2. The molecule has 1 unspecified atom stereocenters. The summed E-state index contributed by atoms with van der Waals surface area (Å²) < 4.78 is 5.80. The van der Waals surface area contributed by atoms with Crippen molar-refractivity contribution in [1.82, 2.24) is 9.80 Å². The number of allylic oxidation sites excluding steroid dienone is 1. The van der Waals surface area contributed by atoms with Crippen LogP contribution in [0, 0.1) is 0 Å². The molecule has 6 nitrogen and oxygen atoms in total. The normalized spacial score (nSPS) is 16.1. The molecule has 0 bridgehead atoms. The van der Waals surface area contributed by atoms with E-state index in [2.05, 4.69) is 18.7 Å². The number of ether oxygens (including phenoxy) is 1. The van der Waals surface area contributed by atoms with E-state index >= 15 is 0 Å². The smallest absolute Gasteiger partial charge is 0.290 e. The Morgan fingerprint density at radius 2 is 1.83 bits per heavy atom. The van der Waals surface area contributed by atoms with Crippen molar-refractivity contribution in [3.63, 3.8) is 0 Å². The van der Waals surface area contributed by atoms with Gasteiger partial charge in [0.2, 0.25) is 0 Å². The molecule has 1 atom stereocenters. The van der Waals surface area contributed by atoms with Crippen LogP contribution in [0.25, 0.3) is 6.08 Å². The molecule has 1 aliphatic rings. The third-order valence-electron chi connectivity index (χ3n) is 6.21. The molecule has 0 radical (unpaired) electrons. The summed E-state index contributed by atoms with van der Waals surface area (Å²) in [6, 6.07) is 16.3. The van der Waals surface area contributed by atoms with Crippen molar-refractivity contribution in [2.75, 3.05) is 32.8 Å². The van der Waals surface area contributed by atoms with Crippen LogP contribution in [0.2, 0.25) is 0 Å². The number of hydrogen-bond donors (Lipinski definition) is 1. The van der Waals surface area contributed by atoms with E-state index in [-0.39, 0.29) is 11.4 Å². The van der Waals surface area contributed by atoms with E-state index in [1.165, 1.54) is 6.08 Å². The van der Waals surface area contributed by atoms with E-state index in [1.54, 1.807) is 11.0 Å². The molecule has 0 fully saturated rings. The summed E-state index contributed by atoms with van der Waals surface area (Å²) in [6.07, 6.45) is 4.74. The number of ketones is 1. The maximum Gasteiger partial charge on any atom is 0.290 e. The zero-order valence-corrected chi connectivity index (χ0v) is 20.9. The van der Waals surface area contributed by atoms with E-state index in [0.717, 1.165) is 43.6 Å². The second-order valence-electron chi connectivity index (χ2n) is 8.57. The summed E-state index contributed by atoms with van der Waals surface area (Å²) in [5, 5.41) is 10.8. The van der Waals surface area contributed by atoms with E-state index in [0.29, 0.717) is 18.9 Å². The summed E-state index contributed by atoms with van der Waals surface area (Å²) in [5.74, 6) is -0.681. The zero-order valence-electron chi connectivity index (χ0n) is 20.9. The lowest BCUT2D eigenvalue weighted by Gasteiger charge is -2.28. The fourth-order valence-electron chi connectivity index (χ4n) is 4.31. The number of amides is 1. The Labute approximate surface area is 208 Å². The largest absolute Gasteiger partial charge is 0.503 e. The molecule has 6 heteroatoms. The van der Waals surface area contributed by atoms with Crippen molar-refractivity contribution in [2.45, 2.75) is 39.7 Å². The quantitative estimate of drug-likeness (QED) is 0.403. The second kappa shape index (κ2) is 12.9. The Morgan fingerprint density at radius 1 is 1.09 bits per heavy atom. The highest BCUT2D eigenvalue weighted by molar-refractivity contribution is 6.14. The molecule has 2 aromatic carbocycles. The molecule has 3 rings (SSSR count). The summed E-state index contributed by atoms with van der Waals surface area (Å²) in [6.45, 7) is 9.96. The lowest BCUT2D eigenvalue weighted by atomic mass is 9.95. The van der Waals surface area contributed by atoms with Crippen molar-refractivity contribution >= 4 is 17.8 Å². The molecule has 1 heterocycles. The topological polar surface area (TPSA) is 70.1 Å². The number of carbonyl (C=O) groups excluding carboxylic acids is 2. The summed E-state index contributed by atoms with van der Waals surface area (Å²) in [5.41, 5.74) is 1.72. The van der Waals surface area contributed by atoms with Gasteiger partial charge in [0.15, 0.2) is 11.5 Å². The van der Waals surface area contributed by atoms with Crippen molar-refractivity contribution in [3.05, 3.63) is 83.1 Å². The van der Waals surface area contributed by atoms with Crippen LogP contribution in [0.3, 0.4) is 0 Å². The van der Waals surface area contributed by atoms with Gasteiger partial charge in [-0.2, -0.15) is 0 Å². The lowest BCUT2D eigenvalue weighted by Crippen LogP contribution is -2.34. The highest BCUT2D eigenvalue weighted by Gasteiger charge is 2.42. The first kappa shape index (κ1) is 26.2. The molecule has 2 aromatic rings. The molecule has 1 amide bonds. The van der Waals surface area contributed by atoms with Gasteiger partial charge in [0, 0.05) is 6.54 Å². The predicted octanol–water partition coefficient (Wildman–Crippen LogP) is 5.19. The minimum Gasteiger partial charge on any atom is -0.503 e. The van der Waals surface area contributed by atoms with Gasteiger partial charge in [0.05, 0.1) is 18.2 Å². The Balaban J connectivity index is 1.92. The van der Waals surface area contributed by atoms with E-state index in [9.17, 15) is 14.7 Å². The number of aliphatic hydroxyl groups is 1. The van der Waals surface area contributed by atoms with Crippen LogP contribution in [-0.4, -0.2) is 59.4 Å². The van der Waals surface area contributed by atoms with Gasteiger partial charge in [-0.3, -0.25) is 9.59 Å². The van der Waals surface area contributed by atoms with Gasteiger partial charge in [-0.05, 0) is 61.8 Å². The van der Waals surface area contributed by atoms with E-state index in [1.807, 2.05) is 61.5 Å². The molecule has 186 valence electrons. The van der Waals surface area contributed by atoms with Crippen molar-refractivity contribution in [3.8, 4) is 5.75 Å². The fourth-order valence-corrected chi connectivity index (χ4v) is 4.31. The predicted molar refractivity (Wildman–Crippen MR) is 139 cm³/mol. The van der Waals surface area contributed by atoms with Crippen LogP contribution < -0.4 is 4.74 Å². The Morgan fingerprint density at radius 3 is 2.51 bits per heavy atom. The lowest BCUT2D eigenvalue weighted by molar-refractivity contribution is -0.129. The van der Waals surface area contributed by atoms with Crippen LogP contribution >= 0.6 is 0 Å². The average molecular weight is 477 g/mol. The SMILES string of the molecule is CCCOc1cccc(C2C(C(=O)C=Cc3ccccc3)=C(O)C(=O)N2CCCN(CC)CC)c1. The van der Waals surface area contributed by atoms with Crippen molar-refractivity contribution in [2.24, 2.45) is 0 Å². The number of rotatable bonds is 13. The first-order valence-electron chi connectivity index (χ1n) is 12.5. The third-order valence-corrected chi connectivity index (χ3v) is 6.21. The van der Waals surface area contributed by atoms with E-state index < -0.39 is 17.7 Å². The molecular weight excluding hydrogens is 440 g/mol. The minimum absolute atomic E-state index is 0.109. The summed E-state index contributed by atoms with van der Waals surface area (Å²) in [4.78, 5) is 30.4. The molecule has 0 saturated heterocycles. The van der Waals surface area contributed by atoms with Gasteiger partial charge >= 0.3 is 0 Å². The first-order valence-corrected chi connectivity index (χ1v) is 12.5. The summed E-state index contributed by atoms with van der Waals surface area (Å²) >= 11 is 0. The Hall–Kier alpha value is -3.38. The monoisotopic (exact) mass is 476 g/mol. The number of carbonyl (C=O) groups is 2. The van der Waals surface area contributed by atoms with Crippen molar-refractivity contribution in [1.29, 1.82) is 0 Å². The molecule has 0 spiro atoms. The Kier molecular flexibility index (Phi) is 9.67. The number of nitrogens with zero attached hydrogens (tertiary/aromatic N) is 2. The minimum atomic E-state index is -0.669. The Bertz CT molecular complexity index is 1060. The standard InChI is InChI=1S/C29H36N2O4/c1-4-20-35-24-15-10-14-23(21-24)27-26(25(32)17-16-22-12-8-7-9-13-22)28(33)29(34)31(27)19-11-18-30(5-2)6-3/h7-10,12-17,21,27,33H,4-6,11,18-20H2,1-3H3. The van der Waals surface area contributed by atoms with Gasteiger partial charge < -0.3 is 19.6 Å². The number of hydrogen-bond acceptors (Lipinski definition) is 5. The van der Waals surface area contributed by atoms with Gasteiger partial charge in [-0.1, -0.05) is 69.3 Å². The van der Waals surface area contributed by atoms with E-state index in [4.69, 9.17) is 4.74 Å². The van der Waals surface area contributed by atoms with Crippen LogP contribution in [0.4, 0.5) is 0 Å². The molecule has 0 saturated carbocycles. The molecule has 35 heavy (non-hydrogen) atoms. The maximum absolute atomic E-state index is 13.3. The highest BCUT2D eigenvalue weighted by Crippen LogP contribution is 2.39. The number of aliphatic hydroxyl groups excluding tert-OH is 1. The molecule has 0 aromatic heterocycles. The first-order chi connectivity index (χ1) is 17.0. The molecule has 1 aliphatic heterocycles. The third kappa shape index (κ3) is 6.61. The molecule has 0 aliphatic carbocycles. The van der Waals surface area contributed by atoms with Gasteiger partial charge in [-0.15, -0.1) is 0 Å². The fraction of sp³-hybridized carbons (Fsp3) is 0.379. The van der Waals surface area contributed by atoms with Gasteiger partial charge in [0.25, 0.3) is 5.91 Å². The van der Waals surface area contributed by atoms with Crippen molar-refractivity contribution < 1.29 is 19.4 Å². The summed E-state index contributed by atoms with van der Waals surface area (Å²) in [7, 11) is 0. The van der Waals surface area contributed by atoms with Crippen LogP contribution in [-0.2, 0) is 9.59 Å². The van der Waals surface area contributed by atoms with Gasteiger partial charge in [0.1, 0.15) is 5.75 Å². The van der Waals surface area contributed by atoms with Crippen LogP contribution in [0.1, 0.15) is 50.8 Å². The molecule has 1 N–H and O–H groups in total.